The number of alkyl halides is 2. The van der Waals surface area contributed by atoms with Gasteiger partial charge in [0.05, 0.1) is 7.11 Å². The Labute approximate surface area is 138 Å². The zero-order valence-corrected chi connectivity index (χ0v) is 13.6. The summed E-state index contributed by atoms with van der Waals surface area (Å²) in [5.74, 6) is 1.16. The zero-order valence-electron chi connectivity index (χ0n) is 13.6. The molecule has 0 saturated carbocycles. The van der Waals surface area contributed by atoms with Crippen LogP contribution in [0, 0.1) is 0 Å². The van der Waals surface area contributed by atoms with E-state index in [2.05, 4.69) is 20.2 Å². The number of halogens is 2. The highest BCUT2D eigenvalue weighted by Gasteiger charge is 2.11. The molecule has 1 atom stereocenters. The van der Waals surface area contributed by atoms with Crippen LogP contribution in [0.15, 0.2) is 22.7 Å². The van der Waals surface area contributed by atoms with Crippen LogP contribution in [-0.4, -0.2) is 37.0 Å². The van der Waals surface area contributed by atoms with E-state index in [0.29, 0.717) is 18.1 Å². The van der Waals surface area contributed by atoms with Gasteiger partial charge in [0.15, 0.2) is 17.3 Å². The van der Waals surface area contributed by atoms with Crippen LogP contribution >= 0.6 is 0 Å². The molecule has 2 rings (SSSR count). The molecule has 0 fully saturated rings. The van der Waals surface area contributed by atoms with E-state index in [1.165, 1.54) is 13.2 Å². The highest BCUT2D eigenvalue weighted by Crippen LogP contribution is 2.30. The number of aromatic nitrogens is 2. The molecular weight excluding hydrogens is 320 g/mol. The minimum absolute atomic E-state index is 0.0224. The molecule has 0 aliphatic heterocycles. The third kappa shape index (κ3) is 5.02. The smallest absolute Gasteiger partial charge is 0.387 e. The van der Waals surface area contributed by atoms with Crippen molar-refractivity contribution in [3.8, 4) is 11.5 Å². The molecule has 130 valence electrons. The summed E-state index contributed by atoms with van der Waals surface area (Å²) in [4.78, 5) is 4.25. The second-order valence-electron chi connectivity index (χ2n) is 5.06. The van der Waals surface area contributed by atoms with Gasteiger partial charge in [-0.3, -0.25) is 0 Å². The van der Waals surface area contributed by atoms with Crippen molar-refractivity contribution in [2.45, 2.75) is 26.0 Å². The number of rotatable bonds is 8. The Kier molecular flexibility index (Phi) is 6.25. The average Bonchev–Trinajstić information content (AvgIpc) is 3.00. The summed E-state index contributed by atoms with van der Waals surface area (Å²) in [6.07, 6.45) is 4.01. The highest BCUT2D eigenvalue weighted by molar-refractivity contribution is 5.67. The lowest BCUT2D eigenvalue weighted by molar-refractivity contribution is -0.0512. The molecule has 0 radical (unpaired) electrons. The van der Waals surface area contributed by atoms with E-state index in [1.807, 2.05) is 14.0 Å². The Morgan fingerprint density at radius 2 is 2.08 bits per heavy atom. The summed E-state index contributed by atoms with van der Waals surface area (Å²) in [5.41, 5.74) is 0.719. The maximum atomic E-state index is 12.3. The van der Waals surface area contributed by atoms with Crippen molar-refractivity contribution >= 4 is 12.2 Å². The minimum Gasteiger partial charge on any atom is -0.493 e. The van der Waals surface area contributed by atoms with E-state index in [-0.39, 0.29) is 17.5 Å². The molecule has 0 spiro atoms. The molecule has 0 aliphatic rings. The number of likely N-dealkylation sites (N-methyl/N-ethyl adjacent to an activating group) is 1. The van der Waals surface area contributed by atoms with Crippen molar-refractivity contribution in [3.05, 3.63) is 35.5 Å². The standard InChI is InChI=1S/C16H19F2N3O3/c1-10(19-2)8-14-20-15(24-21-14)7-5-11-4-6-12(23-16(17)18)13(9-11)22-3/h4-7,9-10,16,19H,8H2,1-3H3/b7-5+. The van der Waals surface area contributed by atoms with Gasteiger partial charge >= 0.3 is 6.61 Å². The van der Waals surface area contributed by atoms with Crippen molar-refractivity contribution < 1.29 is 22.8 Å². The number of hydrogen-bond acceptors (Lipinski definition) is 6. The maximum absolute atomic E-state index is 12.3. The third-order valence-corrected chi connectivity index (χ3v) is 3.29. The van der Waals surface area contributed by atoms with E-state index < -0.39 is 6.61 Å². The van der Waals surface area contributed by atoms with Gasteiger partial charge in [-0.1, -0.05) is 11.2 Å². The molecule has 1 aromatic carbocycles. The molecule has 0 amide bonds. The van der Waals surface area contributed by atoms with E-state index >= 15 is 0 Å². The molecule has 1 heterocycles. The van der Waals surface area contributed by atoms with E-state index in [0.717, 1.165) is 5.56 Å². The van der Waals surface area contributed by atoms with Crippen molar-refractivity contribution in [2.24, 2.45) is 0 Å². The van der Waals surface area contributed by atoms with Crippen LogP contribution in [0.2, 0.25) is 0 Å². The number of ether oxygens (including phenoxy) is 2. The highest BCUT2D eigenvalue weighted by atomic mass is 19.3. The zero-order chi connectivity index (χ0) is 17.5. The number of methoxy groups -OCH3 is 1. The number of nitrogens with one attached hydrogen (secondary N) is 1. The lowest BCUT2D eigenvalue weighted by atomic mass is 10.2. The SMILES string of the molecule is CNC(C)Cc1noc(/C=C/c2ccc(OC(F)F)c(OC)c2)n1. The molecule has 1 N–H and O–H groups in total. The van der Waals surface area contributed by atoms with Crippen LogP contribution in [0.5, 0.6) is 11.5 Å². The monoisotopic (exact) mass is 339 g/mol. The summed E-state index contributed by atoms with van der Waals surface area (Å²) < 4.78 is 39.2. The van der Waals surface area contributed by atoms with Crippen molar-refractivity contribution in [1.29, 1.82) is 0 Å². The van der Waals surface area contributed by atoms with Crippen molar-refractivity contribution in [2.75, 3.05) is 14.2 Å². The molecule has 1 unspecified atom stereocenters. The summed E-state index contributed by atoms with van der Waals surface area (Å²) in [5, 5.41) is 6.98. The molecule has 6 nitrogen and oxygen atoms in total. The van der Waals surface area contributed by atoms with Gasteiger partial charge < -0.3 is 19.3 Å². The van der Waals surface area contributed by atoms with E-state index in [9.17, 15) is 8.78 Å². The Morgan fingerprint density at radius 1 is 1.29 bits per heavy atom. The minimum atomic E-state index is -2.91. The summed E-state index contributed by atoms with van der Waals surface area (Å²) >= 11 is 0. The summed E-state index contributed by atoms with van der Waals surface area (Å²) in [6, 6.07) is 4.86. The van der Waals surface area contributed by atoms with Gasteiger partial charge in [-0.2, -0.15) is 13.8 Å². The fraction of sp³-hybridized carbons (Fsp3) is 0.375. The predicted molar refractivity (Wildman–Crippen MR) is 85.1 cm³/mol. The third-order valence-electron chi connectivity index (χ3n) is 3.29. The van der Waals surface area contributed by atoms with Gasteiger partial charge in [0.1, 0.15) is 0 Å². The quantitative estimate of drug-likeness (QED) is 0.797. The van der Waals surface area contributed by atoms with Crippen molar-refractivity contribution in [1.82, 2.24) is 15.5 Å². The lowest BCUT2D eigenvalue weighted by Gasteiger charge is -2.09. The first-order valence-electron chi connectivity index (χ1n) is 7.32. The molecule has 8 heteroatoms. The predicted octanol–water partition coefficient (Wildman–Crippen LogP) is 3.00. The summed E-state index contributed by atoms with van der Waals surface area (Å²) in [7, 11) is 3.24. The Hall–Kier alpha value is -2.48. The van der Waals surface area contributed by atoms with Crippen LogP contribution in [0.1, 0.15) is 24.2 Å². The van der Waals surface area contributed by atoms with Gasteiger partial charge in [-0.05, 0) is 37.7 Å². The lowest BCUT2D eigenvalue weighted by Crippen LogP contribution is -2.24. The maximum Gasteiger partial charge on any atom is 0.387 e. The molecule has 24 heavy (non-hydrogen) atoms. The first kappa shape index (κ1) is 17.9. The molecular formula is C16H19F2N3O3. The van der Waals surface area contributed by atoms with Gasteiger partial charge in [-0.25, -0.2) is 0 Å². The molecule has 0 bridgehead atoms. The largest absolute Gasteiger partial charge is 0.493 e. The Morgan fingerprint density at radius 3 is 2.75 bits per heavy atom. The molecule has 0 aliphatic carbocycles. The van der Waals surface area contributed by atoms with Crippen LogP contribution < -0.4 is 14.8 Å². The average molecular weight is 339 g/mol. The van der Waals surface area contributed by atoms with E-state index in [4.69, 9.17) is 9.26 Å². The van der Waals surface area contributed by atoms with Gasteiger partial charge in [-0.15, -0.1) is 0 Å². The first-order chi connectivity index (χ1) is 11.5. The van der Waals surface area contributed by atoms with Gasteiger partial charge in [0, 0.05) is 18.5 Å². The molecule has 2 aromatic rings. The fourth-order valence-electron chi connectivity index (χ4n) is 1.94. The van der Waals surface area contributed by atoms with Crippen molar-refractivity contribution in [3.63, 3.8) is 0 Å². The number of hydrogen-bond donors (Lipinski definition) is 1. The second kappa shape index (κ2) is 8.39. The molecule has 0 saturated heterocycles. The van der Waals surface area contributed by atoms with Crippen LogP contribution in [0.25, 0.3) is 12.2 Å². The number of benzene rings is 1. The molecule has 1 aromatic heterocycles. The topological polar surface area (TPSA) is 69.4 Å². The van der Waals surface area contributed by atoms with Gasteiger partial charge in [0.25, 0.3) is 5.89 Å². The second-order valence-corrected chi connectivity index (χ2v) is 5.06. The summed E-state index contributed by atoms with van der Waals surface area (Å²) in [6.45, 7) is -0.890. The Balaban J connectivity index is 2.08. The van der Waals surface area contributed by atoms with Crippen LogP contribution in [0.4, 0.5) is 8.78 Å². The Bertz CT molecular complexity index is 689. The van der Waals surface area contributed by atoms with E-state index in [1.54, 1.807) is 24.3 Å². The van der Waals surface area contributed by atoms with Crippen LogP contribution in [0.3, 0.4) is 0 Å². The van der Waals surface area contributed by atoms with Gasteiger partial charge in [0.2, 0.25) is 0 Å². The first-order valence-corrected chi connectivity index (χ1v) is 7.32. The number of nitrogens with zero attached hydrogens (tertiary/aromatic N) is 2. The fourth-order valence-corrected chi connectivity index (χ4v) is 1.94. The van der Waals surface area contributed by atoms with Crippen LogP contribution in [-0.2, 0) is 6.42 Å². The normalized spacial score (nSPS) is 12.8.